The van der Waals surface area contributed by atoms with Crippen LogP contribution in [0.5, 0.6) is 5.75 Å². The zero-order valence-corrected chi connectivity index (χ0v) is 16.1. The standard InChI is InChI=1S/C18H17N3O4S2/c1-3-9-21-15-8-7-14(27(19,23)24)11-16(15)26-18(21)20-17(22)12-5-4-6-13(10-12)25-2/h3-8,10-11H,1,9H2,2H3,(H2,19,23,24). The smallest absolute Gasteiger partial charge is 0.279 e. The Hall–Kier alpha value is -2.75. The second-order valence-electron chi connectivity index (χ2n) is 5.61. The maximum atomic E-state index is 12.6. The molecule has 0 saturated heterocycles. The van der Waals surface area contributed by atoms with Crippen molar-refractivity contribution in [3.63, 3.8) is 0 Å². The second kappa shape index (κ2) is 7.47. The Balaban J connectivity index is 2.16. The number of fused-ring (bicyclic) bond motifs is 1. The minimum absolute atomic E-state index is 0.00711. The number of nitrogens with zero attached hydrogens (tertiary/aromatic N) is 2. The number of hydrogen-bond donors (Lipinski definition) is 1. The van der Waals surface area contributed by atoms with E-state index in [1.54, 1.807) is 41.0 Å². The summed E-state index contributed by atoms with van der Waals surface area (Å²) in [6, 6.07) is 11.3. The van der Waals surface area contributed by atoms with Crippen molar-refractivity contribution in [1.29, 1.82) is 0 Å². The number of carbonyl (C=O) groups excluding carboxylic acids is 1. The number of sulfonamides is 1. The molecule has 0 radical (unpaired) electrons. The van der Waals surface area contributed by atoms with Crippen molar-refractivity contribution in [1.82, 2.24) is 4.57 Å². The highest BCUT2D eigenvalue weighted by atomic mass is 32.2. The first kappa shape index (κ1) is 19.0. The Kier molecular flexibility index (Phi) is 5.26. The molecule has 140 valence electrons. The molecule has 0 aliphatic heterocycles. The number of nitrogens with two attached hydrogens (primary N) is 1. The van der Waals surface area contributed by atoms with Crippen LogP contribution in [0.25, 0.3) is 10.2 Å². The normalized spacial score (nSPS) is 12.3. The minimum Gasteiger partial charge on any atom is -0.497 e. The van der Waals surface area contributed by atoms with Crippen molar-refractivity contribution in [2.24, 2.45) is 10.1 Å². The number of rotatable bonds is 5. The zero-order chi connectivity index (χ0) is 19.6. The fourth-order valence-electron chi connectivity index (χ4n) is 2.53. The van der Waals surface area contributed by atoms with Crippen LogP contribution < -0.4 is 14.7 Å². The van der Waals surface area contributed by atoms with E-state index in [1.807, 2.05) is 0 Å². The van der Waals surface area contributed by atoms with Gasteiger partial charge in [-0.15, -0.1) is 6.58 Å². The molecular weight excluding hydrogens is 386 g/mol. The highest BCUT2D eigenvalue weighted by Gasteiger charge is 2.13. The summed E-state index contributed by atoms with van der Waals surface area (Å²) in [4.78, 5) is 17.2. The van der Waals surface area contributed by atoms with Crippen LogP contribution in [0, 0.1) is 0 Å². The Labute approximate surface area is 160 Å². The summed E-state index contributed by atoms with van der Waals surface area (Å²) in [5.74, 6) is 0.133. The van der Waals surface area contributed by atoms with E-state index in [2.05, 4.69) is 11.6 Å². The average molecular weight is 403 g/mol. The molecule has 2 aromatic carbocycles. The number of methoxy groups -OCH3 is 1. The van der Waals surface area contributed by atoms with Gasteiger partial charge in [-0.25, -0.2) is 13.6 Å². The van der Waals surface area contributed by atoms with E-state index in [0.717, 1.165) is 5.52 Å². The molecular formula is C18H17N3O4S2. The van der Waals surface area contributed by atoms with Gasteiger partial charge in [0.05, 0.1) is 22.2 Å². The van der Waals surface area contributed by atoms with Crippen LogP contribution in [0.4, 0.5) is 0 Å². The van der Waals surface area contributed by atoms with Crippen molar-refractivity contribution in [2.75, 3.05) is 7.11 Å². The summed E-state index contributed by atoms with van der Waals surface area (Å²) in [6.07, 6.45) is 1.68. The minimum atomic E-state index is -3.82. The van der Waals surface area contributed by atoms with E-state index >= 15 is 0 Å². The van der Waals surface area contributed by atoms with Crippen LogP contribution in [0.1, 0.15) is 10.4 Å². The van der Waals surface area contributed by atoms with Crippen molar-refractivity contribution in [3.05, 3.63) is 65.5 Å². The summed E-state index contributed by atoms with van der Waals surface area (Å²) in [6.45, 7) is 4.14. The molecule has 0 aliphatic carbocycles. The zero-order valence-electron chi connectivity index (χ0n) is 14.5. The monoisotopic (exact) mass is 403 g/mol. The van der Waals surface area contributed by atoms with Crippen molar-refractivity contribution in [2.45, 2.75) is 11.4 Å². The fraction of sp³-hybridized carbons (Fsp3) is 0.111. The third-order valence-corrected chi connectivity index (χ3v) is 5.76. The predicted octanol–water partition coefficient (Wildman–Crippen LogP) is 2.29. The number of allylic oxidation sites excluding steroid dienone is 1. The van der Waals surface area contributed by atoms with Crippen molar-refractivity contribution < 1.29 is 17.9 Å². The van der Waals surface area contributed by atoms with E-state index in [-0.39, 0.29) is 4.90 Å². The van der Waals surface area contributed by atoms with Crippen molar-refractivity contribution >= 4 is 37.5 Å². The van der Waals surface area contributed by atoms with Gasteiger partial charge in [0, 0.05) is 12.1 Å². The number of ether oxygens (including phenoxy) is 1. The first-order valence-corrected chi connectivity index (χ1v) is 10.2. The summed E-state index contributed by atoms with van der Waals surface area (Å²) in [7, 11) is -2.30. The third-order valence-electron chi connectivity index (χ3n) is 3.81. The van der Waals surface area contributed by atoms with Gasteiger partial charge in [0.25, 0.3) is 5.91 Å². The molecule has 1 aromatic heterocycles. The largest absolute Gasteiger partial charge is 0.497 e. The fourth-order valence-corrected chi connectivity index (χ4v) is 4.22. The summed E-state index contributed by atoms with van der Waals surface area (Å²) in [5, 5.41) is 5.20. The van der Waals surface area contributed by atoms with Gasteiger partial charge in [0.15, 0.2) is 4.80 Å². The quantitative estimate of drug-likeness (QED) is 0.660. The molecule has 0 spiro atoms. The molecule has 0 unspecified atom stereocenters. The van der Waals surface area contributed by atoms with Gasteiger partial charge in [0.1, 0.15) is 5.75 Å². The molecule has 0 bridgehead atoms. The van der Waals surface area contributed by atoms with Gasteiger partial charge in [-0.2, -0.15) is 4.99 Å². The number of benzene rings is 2. The van der Waals surface area contributed by atoms with Gasteiger partial charge in [-0.1, -0.05) is 23.5 Å². The van der Waals surface area contributed by atoms with Gasteiger partial charge in [0.2, 0.25) is 10.0 Å². The molecule has 0 atom stereocenters. The molecule has 3 aromatic rings. The molecule has 0 aliphatic rings. The maximum Gasteiger partial charge on any atom is 0.279 e. The second-order valence-corrected chi connectivity index (χ2v) is 8.18. The Bertz CT molecular complexity index is 1210. The molecule has 7 nitrogen and oxygen atoms in total. The van der Waals surface area contributed by atoms with E-state index in [9.17, 15) is 13.2 Å². The molecule has 0 fully saturated rings. The lowest BCUT2D eigenvalue weighted by atomic mass is 10.2. The van der Waals surface area contributed by atoms with Crippen LogP contribution in [0.2, 0.25) is 0 Å². The molecule has 27 heavy (non-hydrogen) atoms. The average Bonchev–Trinajstić information content (AvgIpc) is 2.98. The maximum absolute atomic E-state index is 12.6. The van der Waals surface area contributed by atoms with E-state index in [4.69, 9.17) is 9.88 Å². The summed E-state index contributed by atoms with van der Waals surface area (Å²) < 4.78 is 30.7. The molecule has 2 N–H and O–H groups in total. The van der Waals surface area contributed by atoms with E-state index < -0.39 is 15.9 Å². The van der Waals surface area contributed by atoms with Crippen LogP contribution in [0.3, 0.4) is 0 Å². The Morgan fingerprint density at radius 1 is 1.33 bits per heavy atom. The number of hydrogen-bond acceptors (Lipinski definition) is 5. The number of carbonyl (C=O) groups is 1. The van der Waals surface area contributed by atoms with Gasteiger partial charge in [-0.05, 0) is 36.4 Å². The first-order chi connectivity index (χ1) is 12.8. The summed E-state index contributed by atoms with van der Waals surface area (Å²) >= 11 is 1.20. The van der Waals surface area contributed by atoms with Crippen molar-refractivity contribution in [3.8, 4) is 5.75 Å². The lowest BCUT2D eigenvalue weighted by Crippen LogP contribution is -2.16. The number of primary sulfonamides is 1. The molecule has 0 saturated carbocycles. The Morgan fingerprint density at radius 3 is 2.78 bits per heavy atom. The molecule has 9 heteroatoms. The van der Waals surface area contributed by atoms with Crippen LogP contribution in [-0.4, -0.2) is 26.0 Å². The molecule has 3 rings (SSSR count). The summed E-state index contributed by atoms with van der Waals surface area (Å²) in [5.41, 5.74) is 1.13. The lowest BCUT2D eigenvalue weighted by Gasteiger charge is -2.03. The molecule has 1 heterocycles. The van der Waals surface area contributed by atoms with Crippen LogP contribution in [0.15, 0.2) is 65.0 Å². The number of amides is 1. The van der Waals surface area contributed by atoms with Crippen LogP contribution >= 0.6 is 11.3 Å². The van der Waals surface area contributed by atoms with Gasteiger partial charge < -0.3 is 9.30 Å². The SMILES string of the molecule is C=CCn1c(=NC(=O)c2cccc(OC)c2)sc2cc(S(N)(=O)=O)ccc21. The highest BCUT2D eigenvalue weighted by molar-refractivity contribution is 7.89. The van der Waals surface area contributed by atoms with E-state index in [0.29, 0.717) is 27.4 Å². The first-order valence-electron chi connectivity index (χ1n) is 7.83. The van der Waals surface area contributed by atoms with Crippen LogP contribution in [-0.2, 0) is 16.6 Å². The number of thiazole rings is 1. The highest BCUT2D eigenvalue weighted by Crippen LogP contribution is 2.21. The van der Waals surface area contributed by atoms with Gasteiger partial charge in [-0.3, -0.25) is 4.79 Å². The third kappa shape index (κ3) is 4.00. The predicted molar refractivity (Wildman–Crippen MR) is 104 cm³/mol. The molecule has 1 amide bonds. The Morgan fingerprint density at radius 2 is 2.11 bits per heavy atom. The lowest BCUT2D eigenvalue weighted by molar-refractivity contribution is 0.0997. The topological polar surface area (TPSA) is 104 Å². The van der Waals surface area contributed by atoms with Gasteiger partial charge >= 0.3 is 0 Å². The number of aromatic nitrogens is 1. The van der Waals surface area contributed by atoms with E-state index in [1.165, 1.54) is 30.6 Å².